The molecule has 0 N–H and O–H groups in total. The first-order valence-corrected chi connectivity index (χ1v) is 10.6. The van der Waals surface area contributed by atoms with Gasteiger partial charge >= 0.3 is 0 Å². The van der Waals surface area contributed by atoms with Crippen molar-refractivity contribution in [3.05, 3.63) is 54.4 Å². The van der Waals surface area contributed by atoms with Crippen LogP contribution in [-0.2, 0) is 16.1 Å². The van der Waals surface area contributed by atoms with Crippen LogP contribution in [0.5, 0.6) is 5.75 Å². The number of para-hydroxylation sites is 2. The number of anilines is 1. The number of ether oxygens (including phenoxy) is 1. The molecule has 0 aliphatic carbocycles. The fraction of sp³-hybridized carbons (Fsp3) is 0.435. The van der Waals surface area contributed by atoms with Crippen LogP contribution in [0.2, 0.25) is 0 Å². The van der Waals surface area contributed by atoms with E-state index in [1.807, 2.05) is 60.6 Å². The lowest BCUT2D eigenvalue weighted by molar-refractivity contribution is -0.137. The van der Waals surface area contributed by atoms with Crippen molar-refractivity contribution in [3.8, 4) is 5.75 Å². The molecule has 2 aromatic rings. The largest absolute Gasteiger partial charge is 0.492 e. The van der Waals surface area contributed by atoms with E-state index in [9.17, 15) is 9.59 Å². The Labute approximate surface area is 177 Å². The van der Waals surface area contributed by atoms with Gasteiger partial charge in [0.25, 0.3) is 0 Å². The van der Waals surface area contributed by atoms with E-state index in [-0.39, 0.29) is 24.2 Å². The molecular formula is C23H28N4O3. The standard InChI is InChI=1S/C23H28N4O3/c1-2-30-21-6-4-3-5-20(21)27-17-19(15-22(27)28)23(29)26-13-11-25(12-14-26)16-18-7-9-24-10-8-18/h3-10,19H,2,11-17H2,1H3. The average Bonchev–Trinajstić information content (AvgIpc) is 3.16. The van der Waals surface area contributed by atoms with Crippen LogP contribution in [0.4, 0.5) is 5.69 Å². The summed E-state index contributed by atoms with van der Waals surface area (Å²) in [7, 11) is 0. The number of amides is 2. The molecule has 0 saturated carbocycles. The van der Waals surface area contributed by atoms with Gasteiger partial charge in [0, 0.05) is 58.1 Å². The summed E-state index contributed by atoms with van der Waals surface area (Å²) in [5.41, 5.74) is 1.98. The lowest BCUT2D eigenvalue weighted by Crippen LogP contribution is -2.50. The lowest BCUT2D eigenvalue weighted by Gasteiger charge is -2.35. The molecule has 2 saturated heterocycles. The molecule has 7 nitrogen and oxygen atoms in total. The molecule has 30 heavy (non-hydrogen) atoms. The van der Waals surface area contributed by atoms with Crippen molar-refractivity contribution in [1.29, 1.82) is 0 Å². The highest BCUT2D eigenvalue weighted by Gasteiger charge is 2.38. The predicted molar refractivity (Wildman–Crippen MR) is 114 cm³/mol. The van der Waals surface area contributed by atoms with Crippen molar-refractivity contribution in [2.45, 2.75) is 19.9 Å². The number of nitrogens with zero attached hydrogens (tertiary/aromatic N) is 4. The van der Waals surface area contributed by atoms with Gasteiger partial charge in [-0.2, -0.15) is 0 Å². The number of carbonyl (C=O) groups is 2. The van der Waals surface area contributed by atoms with Gasteiger partial charge in [0.15, 0.2) is 0 Å². The molecule has 0 radical (unpaired) electrons. The monoisotopic (exact) mass is 408 g/mol. The van der Waals surface area contributed by atoms with Gasteiger partial charge in [-0.15, -0.1) is 0 Å². The van der Waals surface area contributed by atoms with Crippen LogP contribution in [0.25, 0.3) is 0 Å². The zero-order valence-corrected chi connectivity index (χ0v) is 17.4. The Hall–Kier alpha value is -2.93. The van der Waals surface area contributed by atoms with Crippen LogP contribution in [0.1, 0.15) is 18.9 Å². The molecule has 1 aromatic carbocycles. The Morgan fingerprint density at radius 3 is 2.57 bits per heavy atom. The highest BCUT2D eigenvalue weighted by molar-refractivity contribution is 6.01. The van der Waals surface area contributed by atoms with Crippen LogP contribution in [0.3, 0.4) is 0 Å². The SMILES string of the molecule is CCOc1ccccc1N1CC(C(=O)N2CCN(Cc3ccncc3)CC2)CC1=O. The van der Waals surface area contributed by atoms with Crippen molar-refractivity contribution in [2.24, 2.45) is 5.92 Å². The summed E-state index contributed by atoms with van der Waals surface area (Å²) in [6.45, 7) is 6.81. The number of aromatic nitrogens is 1. The van der Waals surface area contributed by atoms with Crippen LogP contribution < -0.4 is 9.64 Å². The van der Waals surface area contributed by atoms with Crippen molar-refractivity contribution in [2.75, 3.05) is 44.2 Å². The second-order valence-corrected chi connectivity index (χ2v) is 7.76. The van der Waals surface area contributed by atoms with Gasteiger partial charge in [-0.05, 0) is 36.8 Å². The lowest BCUT2D eigenvalue weighted by atomic mass is 10.1. The van der Waals surface area contributed by atoms with Crippen molar-refractivity contribution in [1.82, 2.24) is 14.8 Å². The third-order valence-electron chi connectivity index (χ3n) is 5.77. The molecule has 2 aliphatic rings. The molecule has 7 heteroatoms. The predicted octanol–water partition coefficient (Wildman–Crippen LogP) is 2.18. The minimum Gasteiger partial charge on any atom is -0.492 e. The zero-order chi connectivity index (χ0) is 20.9. The number of pyridine rings is 1. The first-order valence-electron chi connectivity index (χ1n) is 10.6. The Bertz CT molecular complexity index is 881. The molecule has 1 unspecified atom stereocenters. The molecule has 4 rings (SSSR count). The van der Waals surface area contributed by atoms with Gasteiger partial charge in [-0.25, -0.2) is 0 Å². The number of rotatable bonds is 6. The van der Waals surface area contributed by atoms with Crippen LogP contribution in [-0.4, -0.2) is 65.9 Å². The molecule has 158 valence electrons. The van der Waals surface area contributed by atoms with Gasteiger partial charge in [0.05, 0.1) is 18.2 Å². The van der Waals surface area contributed by atoms with Crippen LogP contribution in [0.15, 0.2) is 48.8 Å². The third kappa shape index (κ3) is 4.46. The van der Waals surface area contributed by atoms with E-state index in [0.29, 0.717) is 32.0 Å². The van der Waals surface area contributed by atoms with Gasteiger partial charge in [-0.1, -0.05) is 12.1 Å². The summed E-state index contributed by atoms with van der Waals surface area (Å²) in [4.78, 5) is 35.8. The summed E-state index contributed by atoms with van der Waals surface area (Å²) >= 11 is 0. The van der Waals surface area contributed by atoms with E-state index in [2.05, 4.69) is 9.88 Å². The van der Waals surface area contributed by atoms with Crippen LogP contribution >= 0.6 is 0 Å². The van der Waals surface area contributed by atoms with Gasteiger partial charge in [-0.3, -0.25) is 19.5 Å². The summed E-state index contributed by atoms with van der Waals surface area (Å²) in [6, 6.07) is 11.6. The minimum absolute atomic E-state index is 0.0168. The Kier molecular flexibility index (Phi) is 6.28. The molecule has 0 bridgehead atoms. The summed E-state index contributed by atoms with van der Waals surface area (Å²) in [5, 5.41) is 0. The van der Waals surface area contributed by atoms with Crippen molar-refractivity contribution >= 4 is 17.5 Å². The minimum atomic E-state index is -0.293. The smallest absolute Gasteiger partial charge is 0.228 e. The highest BCUT2D eigenvalue weighted by atomic mass is 16.5. The Morgan fingerprint density at radius 2 is 1.83 bits per heavy atom. The quantitative estimate of drug-likeness (QED) is 0.733. The van der Waals surface area contributed by atoms with E-state index in [4.69, 9.17) is 4.74 Å². The van der Waals surface area contributed by atoms with E-state index in [1.165, 1.54) is 5.56 Å². The van der Waals surface area contributed by atoms with E-state index >= 15 is 0 Å². The van der Waals surface area contributed by atoms with Gasteiger partial charge in [0.2, 0.25) is 11.8 Å². The normalized spacial score (nSPS) is 19.9. The number of carbonyl (C=O) groups excluding carboxylic acids is 2. The van der Waals surface area contributed by atoms with E-state index < -0.39 is 0 Å². The number of piperazine rings is 1. The third-order valence-corrected chi connectivity index (χ3v) is 5.77. The van der Waals surface area contributed by atoms with Gasteiger partial charge in [0.1, 0.15) is 5.75 Å². The summed E-state index contributed by atoms with van der Waals surface area (Å²) in [5.74, 6) is 0.463. The average molecular weight is 409 g/mol. The van der Waals surface area contributed by atoms with Crippen LogP contribution in [0, 0.1) is 5.92 Å². The number of benzene rings is 1. The molecule has 1 atom stereocenters. The molecule has 3 heterocycles. The fourth-order valence-electron chi connectivity index (χ4n) is 4.19. The molecule has 2 amide bonds. The Morgan fingerprint density at radius 1 is 1.10 bits per heavy atom. The summed E-state index contributed by atoms with van der Waals surface area (Å²) in [6.07, 6.45) is 3.87. The molecule has 0 spiro atoms. The maximum atomic E-state index is 13.1. The van der Waals surface area contributed by atoms with E-state index in [1.54, 1.807) is 4.90 Å². The van der Waals surface area contributed by atoms with E-state index in [0.717, 1.165) is 25.3 Å². The van der Waals surface area contributed by atoms with Gasteiger partial charge < -0.3 is 14.5 Å². The second kappa shape index (κ2) is 9.26. The molecular weight excluding hydrogens is 380 g/mol. The molecule has 2 aliphatic heterocycles. The highest BCUT2D eigenvalue weighted by Crippen LogP contribution is 2.33. The first-order chi connectivity index (χ1) is 14.7. The maximum absolute atomic E-state index is 13.1. The fourth-order valence-corrected chi connectivity index (χ4v) is 4.19. The van der Waals surface area contributed by atoms with Crippen molar-refractivity contribution in [3.63, 3.8) is 0 Å². The number of hydrogen-bond donors (Lipinski definition) is 0. The maximum Gasteiger partial charge on any atom is 0.228 e. The first kappa shape index (κ1) is 20.3. The number of hydrogen-bond acceptors (Lipinski definition) is 5. The summed E-state index contributed by atoms with van der Waals surface area (Å²) < 4.78 is 5.67. The zero-order valence-electron chi connectivity index (χ0n) is 17.4. The second-order valence-electron chi connectivity index (χ2n) is 7.76. The van der Waals surface area contributed by atoms with Crippen molar-refractivity contribution < 1.29 is 14.3 Å². The molecule has 2 fully saturated rings. The topological polar surface area (TPSA) is 66.0 Å². The molecule has 1 aromatic heterocycles. The Balaban J connectivity index is 1.34.